The first-order chi connectivity index (χ1) is 10.1. The van der Waals surface area contributed by atoms with Crippen LogP contribution in [0.25, 0.3) is 11.5 Å². The molecule has 0 bridgehead atoms. The van der Waals surface area contributed by atoms with Gasteiger partial charge < -0.3 is 4.42 Å². The van der Waals surface area contributed by atoms with Gasteiger partial charge in [-0.15, -0.1) is 21.8 Å². The quantitative estimate of drug-likeness (QED) is 0.416. The molecule has 1 unspecified atom stereocenters. The lowest BCUT2D eigenvalue weighted by molar-refractivity contribution is 0.513. The van der Waals surface area contributed by atoms with E-state index in [9.17, 15) is 0 Å². The lowest BCUT2D eigenvalue weighted by atomic mass is 10.1. The zero-order chi connectivity index (χ0) is 14.8. The normalized spacial score (nSPS) is 12.3. The lowest BCUT2D eigenvalue weighted by Gasteiger charge is -2.04. The van der Waals surface area contributed by atoms with Crippen molar-refractivity contribution in [3.05, 3.63) is 68.6 Å². The Kier molecular flexibility index (Phi) is 4.47. The standard InChI is InChI=1S/C15H9Cl2IN2O/c16-11-8-10(6-7-12(11)18)14-19-20-15(21-14)13(17)9-4-2-1-3-5-9/h1-8,13H. The van der Waals surface area contributed by atoms with Gasteiger partial charge in [-0.25, -0.2) is 0 Å². The Hall–Kier alpha value is -1.11. The van der Waals surface area contributed by atoms with Gasteiger partial charge in [-0.2, -0.15) is 0 Å². The molecule has 0 amide bonds. The number of hydrogen-bond acceptors (Lipinski definition) is 3. The molecule has 3 aromatic rings. The Labute approximate surface area is 145 Å². The first-order valence-corrected chi connectivity index (χ1v) is 8.02. The minimum absolute atomic E-state index is 0.368. The fraction of sp³-hybridized carbons (Fsp3) is 0.0667. The van der Waals surface area contributed by atoms with Gasteiger partial charge in [-0.3, -0.25) is 0 Å². The summed E-state index contributed by atoms with van der Waals surface area (Å²) >= 11 is 14.6. The van der Waals surface area contributed by atoms with E-state index in [1.54, 1.807) is 6.07 Å². The van der Waals surface area contributed by atoms with E-state index in [1.165, 1.54) is 0 Å². The maximum atomic E-state index is 6.37. The van der Waals surface area contributed by atoms with Gasteiger partial charge in [0.2, 0.25) is 11.8 Å². The molecule has 0 saturated heterocycles. The smallest absolute Gasteiger partial charge is 0.247 e. The second-order valence-corrected chi connectivity index (χ2v) is 6.35. The van der Waals surface area contributed by atoms with Crippen molar-refractivity contribution in [1.29, 1.82) is 0 Å². The van der Waals surface area contributed by atoms with Crippen molar-refractivity contribution in [2.45, 2.75) is 5.38 Å². The van der Waals surface area contributed by atoms with E-state index >= 15 is 0 Å². The van der Waals surface area contributed by atoms with Gasteiger partial charge in [0, 0.05) is 9.13 Å². The van der Waals surface area contributed by atoms with Gasteiger partial charge in [-0.05, 0) is 46.4 Å². The molecule has 0 saturated carbocycles. The Bertz CT molecular complexity index is 761. The average Bonchev–Trinajstić information content (AvgIpc) is 3.00. The van der Waals surface area contributed by atoms with Crippen LogP contribution in [0.2, 0.25) is 5.02 Å². The molecule has 0 N–H and O–H groups in total. The minimum Gasteiger partial charge on any atom is -0.419 e. The van der Waals surface area contributed by atoms with Crippen LogP contribution in [0.1, 0.15) is 16.8 Å². The monoisotopic (exact) mass is 430 g/mol. The first-order valence-electron chi connectivity index (χ1n) is 6.13. The predicted molar refractivity (Wildman–Crippen MR) is 91.6 cm³/mol. The van der Waals surface area contributed by atoms with Crippen LogP contribution >= 0.6 is 45.8 Å². The van der Waals surface area contributed by atoms with Crippen molar-refractivity contribution in [2.75, 3.05) is 0 Å². The van der Waals surface area contributed by atoms with Gasteiger partial charge in [0.15, 0.2) is 0 Å². The predicted octanol–water partition coefficient (Wildman–Crippen LogP) is 5.32. The number of benzene rings is 2. The van der Waals surface area contributed by atoms with Crippen LogP contribution in [0.15, 0.2) is 52.9 Å². The Balaban J connectivity index is 1.91. The summed E-state index contributed by atoms with van der Waals surface area (Å²) < 4.78 is 6.64. The van der Waals surface area contributed by atoms with Crippen LogP contribution in [0.3, 0.4) is 0 Å². The van der Waals surface area contributed by atoms with Gasteiger partial charge in [-0.1, -0.05) is 41.9 Å². The maximum Gasteiger partial charge on any atom is 0.247 e. The highest BCUT2D eigenvalue weighted by atomic mass is 127. The molecular weight excluding hydrogens is 422 g/mol. The first kappa shape index (κ1) is 14.8. The highest BCUT2D eigenvalue weighted by Crippen LogP contribution is 2.31. The average molecular weight is 431 g/mol. The van der Waals surface area contributed by atoms with Gasteiger partial charge in [0.05, 0.1) is 5.02 Å². The highest BCUT2D eigenvalue weighted by molar-refractivity contribution is 14.1. The summed E-state index contributed by atoms with van der Waals surface area (Å²) in [5.74, 6) is 0.775. The van der Waals surface area contributed by atoms with Crippen molar-refractivity contribution in [3.63, 3.8) is 0 Å². The number of hydrogen-bond donors (Lipinski definition) is 0. The molecule has 0 radical (unpaired) electrons. The third-order valence-corrected chi connectivity index (χ3v) is 4.93. The number of nitrogens with zero attached hydrogens (tertiary/aromatic N) is 2. The van der Waals surface area contributed by atoms with Crippen LogP contribution in [-0.4, -0.2) is 10.2 Å². The molecule has 2 aromatic carbocycles. The van der Waals surface area contributed by atoms with Crippen molar-refractivity contribution in [3.8, 4) is 11.5 Å². The molecule has 0 aliphatic carbocycles. The molecule has 21 heavy (non-hydrogen) atoms. The molecular formula is C15H9Cl2IN2O. The number of halogens is 3. The third-order valence-electron chi connectivity index (χ3n) is 2.92. The molecule has 0 spiro atoms. The summed E-state index contributed by atoms with van der Waals surface area (Å²) in [6.45, 7) is 0. The molecule has 0 aliphatic rings. The maximum absolute atomic E-state index is 6.37. The van der Waals surface area contributed by atoms with E-state index in [2.05, 4.69) is 32.8 Å². The van der Waals surface area contributed by atoms with E-state index in [1.807, 2.05) is 42.5 Å². The van der Waals surface area contributed by atoms with Crippen LogP contribution in [0, 0.1) is 3.57 Å². The van der Waals surface area contributed by atoms with Crippen LogP contribution in [0.4, 0.5) is 0 Å². The van der Waals surface area contributed by atoms with Crippen molar-refractivity contribution >= 4 is 45.8 Å². The fourth-order valence-electron chi connectivity index (χ4n) is 1.85. The SMILES string of the molecule is Clc1cc(-c2nnc(C(Cl)c3ccccc3)o2)ccc1I. The number of alkyl halides is 1. The fourth-order valence-corrected chi connectivity index (χ4v) is 2.60. The van der Waals surface area contributed by atoms with Crippen molar-refractivity contribution in [1.82, 2.24) is 10.2 Å². The zero-order valence-electron chi connectivity index (χ0n) is 10.6. The molecule has 3 rings (SSSR count). The van der Waals surface area contributed by atoms with Crippen LogP contribution in [0.5, 0.6) is 0 Å². The molecule has 0 fully saturated rings. The molecule has 106 valence electrons. The van der Waals surface area contributed by atoms with Crippen molar-refractivity contribution < 1.29 is 4.42 Å². The molecule has 1 atom stereocenters. The summed E-state index contributed by atoms with van der Waals surface area (Å²) in [5.41, 5.74) is 1.69. The topological polar surface area (TPSA) is 38.9 Å². The minimum atomic E-state index is -0.466. The van der Waals surface area contributed by atoms with E-state index in [4.69, 9.17) is 27.6 Å². The largest absolute Gasteiger partial charge is 0.419 e. The van der Waals surface area contributed by atoms with E-state index in [0.717, 1.165) is 14.7 Å². The molecule has 6 heteroatoms. The van der Waals surface area contributed by atoms with Crippen molar-refractivity contribution in [2.24, 2.45) is 0 Å². The Morgan fingerprint density at radius 2 is 1.81 bits per heavy atom. The summed E-state index contributed by atoms with van der Waals surface area (Å²) in [7, 11) is 0. The van der Waals surface area contributed by atoms with E-state index < -0.39 is 5.38 Å². The lowest BCUT2D eigenvalue weighted by Crippen LogP contribution is -1.92. The zero-order valence-corrected chi connectivity index (χ0v) is 14.3. The number of rotatable bonds is 3. The van der Waals surface area contributed by atoms with E-state index in [0.29, 0.717) is 16.8 Å². The van der Waals surface area contributed by atoms with Crippen LogP contribution < -0.4 is 0 Å². The third kappa shape index (κ3) is 3.22. The van der Waals surface area contributed by atoms with Crippen LogP contribution in [-0.2, 0) is 0 Å². The van der Waals surface area contributed by atoms with E-state index in [-0.39, 0.29) is 0 Å². The second-order valence-electron chi connectivity index (χ2n) is 4.35. The molecule has 3 nitrogen and oxygen atoms in total. The summed E-state index contributed by atoms with van der Waals surface area (Å²) in [5, 5.41) is 8.25. The highest BCUT2D eigenvalue weighted by Gasteiger charge is 2.18. The second kappa shape index (κ2) is 6.34. The summed E-state index contributed by atoms with van der Waals surface area (Å²) in [6, 6.07) is 15.2. The Morgan fingerprint density at radius 1 is 1.05 bits per heavy atom. The molecule has 1 heterocycles. The Morgan fingerprint density at radius 3 is 2.52 bits per heavy atom. The van der Waals surface area contributed by atoms with Gasteiger partial charge in [0.25, 0.3) is 0 Å². The van der Waals surface area contributed by atoms with Gasteiger partial charge in [0.1, 0.15) is 5.38 Å². The molecule has 0 aliphatic heterocycles. The molecule has 1 aromatic heterocycles. The van der Waals surface area contributed by atoms with Gasteiger partial charge >= 0.3 is 0 Å². The summed E-state index contributed by atoms with van der Waals surface area (Å²) in [4.78, 5) is 0. The number of aromatic nitrogens is 2. The summed E-state index contributed by atoms with van der Waals surface area (Å²) in [6.07, 6.45) is 0.